The van der Waals surface area contributed by atoms with Crippen LogP contribution >= 0.6 is 10.7 Å². The highest BCUT2D eigenvalue weighted by Crippen LogP contribution is 2.30. The van der Waals surface area contributed by atoms with Crippen molar-refractivity contribution in [1.29, 1.82) is 0 Å². The zero-order chi connectivity index (χ0) is 13.3. The van der Waals surface area contributed by atoms with Gasteiger partial charge in [0, 0.05) is 27.7 Å². The quantitative estimate of drug-likeness (QED) is 0.817. The zero-order valence-corrected chi connectivity index (χ0v) is 10.3. The van der Waals surface area contributed by atoms with Crippen molar-refractivity contribution in [2.75, 3.05) is 0 Å². The van der Waals surface area contributed by atoms with E-state index in [4.69, 9.17) is 10.7 Å². The van der Waals surface area contributed by atoms with Gasteiger partial charge in [-0.25, -0.2) is 13.4 Å². The molecular weight excluding hydrogens is 288 g/mol. The van der Waals surface area contributed by atoms with Crippen LogP contribution in [0.2, 0.25) is 0 Å². The predicted molar refractivity (Wildman–Crippen MR) is 61.4 cm³/mol. The van der Waals surface area contributed by atoms with Gasteiger partial charge in [-0.1, -0.05) is 6.07 Å². The molecule has 0 N–H and O–H groups in total. The van der Waals surface area contributed by atoms with Gasteiger partial charge in [-0.3, -0.25) is 0 Å². The summed E-state index contributed by atoms with van der Waals surface area (Å²) in [6.45, 7) is -3.04. The number of halogens is 3. The highest BCUT2D eigenvalue weighted by Gasteiger charge is 2.17. The molecule has 0 fully saturated rings. The molecule has 0 atom stereocenters. The summed E-state index contributed by atoms with van der Waals surface area (Å²) in [6.07, 6.45) is 1.17. The summed E-state index contributed by atoms with van der Waals surface area (Å²) < 4.78 is 51.2. The maximum atomic E-state index is 12.2. The molecule has 0 spiro atoms. The van der Waals surface area contributed by atoms with Crippen molar-refractivity contribution in [3.63, 3.8) is 0 Å². The Morgan fingerprint density at radius 1 is 1.22 bits per heavy atom. The van der Waals surface area contributed by atoms with Gasteiger partial charge in [0.05, 0.1) is 4.90 Å². The Hall–Kier alpha value is -1.47. The van der Waals surface area contributed by atoms with Gasteiger partial charge in [0.1, 0.15) is 0 Å². The van der Waals surface area contributed by atoms with Gasteiger partial charge in [-0.05, 0) is 18.2 Å². The van der Waals surface area contributed by atoms with Crippen molar-refractivity contribution in [1.82, 2.24) is 4.98 Å². The van der Waals surface area contributed by atoms with Gasteiger partial charge in [-0.15, -0.1) is 0 Å². The molecule has 18 heavy (non-hydrogen) atoms. The molecule has 0 aliphatic heterocycles. The number of hydrogen-bond acceptors (Lipinski definition) is 4. The highest BCUT2D eigenvalue weighted by atomic mass is 35.7. The van der Waals surface area contributed by atoms with E-state index in [2.05, 4.69) is 9.72 Å². The Labute approximate surface area is 106 Å². The Bertz CT molecular complexity index is 691. The Kier molecular flexibility index (Phi) is 3.36. The summed E-state index contributed by atoms with van der Waals surface area (Å²) in [5.74, 6) is -0.343. The number of pyridine rings is 1. The Morgan fingerprint density at radius 3 is 2.56 bits per heavy atom. The second kappa shape index (κ2) is 4.66. The largest absolute Gasteiger partial charge is 0.416 e. The van der Waals surface area contributed by atoms with Crippen LogP contribution in [-0.2, 0) is 9.05 Å². The molecule has 0 saturated carbocycles. The van der Waals surface area contributed by atoms with Crippen molar-refractivity contribution >= 4 is 30.5 Å². The number of fused-ring (bicyclic) bond motifs is 1. The first-order valence-corrected chi connectivity index (χ1v) is 6.98. The normalized spacial score (nSPS) is 12.0. The van der Waals surface area contributed by atoms with Crippen LogP contribution in [0.15, 0.2) is 35.4 Å². The minimum atomic E-state index is -3.97. The summed E-state index contributed by atoms with van der Waals surface area (Å²) in [5, 5.41) is 0.331. The fourth-order valence-corrected chi connectivity index (χ4v) is 2.63. The van der Waals surface area contributed by atoms with E-state index in [1.165, 1.54) is 30.5 Å². The lowest BCUT2D eigenvalue weighted by molar-refractivity contribution is -0.0517. The lowest BCUT2D eigenvalue weighted by Gasteiger charge is -2.08. The third-order valence-electron chi connectivity index (χ3n) is 2.19. The van der Waals surface area contributed by atoms with Crippen LogP contribution in [0.4, 0.5) is 8.78 Å². The van der Waals surface area contributed by atoms with E-state index in [0.717, 1.165) is 0 Å². The van der Waals surface area contributed by atoms with Gasteiger partial charge in [-0.2, -0.15) is 8.78 Å². The molecule has 2 rings (SSSR count). The minimum absolute atomic E-state index is 0.152. The average Bonchev–Trinajstić information content (AvgIpc) is 2.26. The van der Waals surface area contributed by atoms with Crippen LogP contribution in [-0.4, -0.2) is 20.0 Å². The number of alkyl halides is 2. The number of ether oxygens (including phenoxy) is 1. The van der Waals surface area contributed by atoms with Gasteiger partial charge in [0.2, 0.25) is 5.88 Å². The van der Waals surface area contributed by atoms with E-state index in [0.29, 0.717) is 0 Å². The predicted octanol–water partition coefficient (Wildman–Crippen LogP) is 2.76. The molecule has 1 aromatic heterocycles. The molecule has 1 aromatic carbocycles. The number of aromatic nitrogens is 1. The zero-order valence-electron chi connectivity index (χ0n) is 8.68. The standard InChI is InChI=1S/C10H6ClF2NO3S/c11-18(15,16)8-3-1-2-7-6(8)4-5-14-9(7)17-10(12)13/h1-5,10H. The molecular formula is C10H6ClF2NO3S. The molecule has 1 heterocycles. The van der Waals surface area contributed by atoms with Gasteiger partial charge in [0.15, 0.2) is 0 Å². The van der Waals surface area contributed by atoms with Gasteiger partial charge in [0.25, 0.3) is 9.05 Å². The Morgan fingerprint density at radius 2 is 1.94 bits per heavy atom. The molecule has 2 aromatic rings. The van der Waals surface area contributed by atoms with E-state index < -0.39 is 15.7 Å². The maximum Gasteiger partial charge on any atom is 0.388 e. The first-order chi connectivity index (χ1) is 8.39. The molecule has 0 aliphatic carbocycles. The van der Waals surface area contributed by atoms with Crippen LogP contribution in [0, 0.1) is 0 Å². The second-order valence-electron chi connectivity index (χ2n) is 3.28. The number of nitrogens with zero attached hydrogens (tertiary/aromatic N) is 1. The van der Waals surface area contributed by atoms with Gasteiger partial charge < -0.3 is 4.74 Å². The summed E-state index contributed by atoms with van der Waals surface area (Å²) in [6, 6.07) is 5.43. The van der Waals surface area contributed by atoms with Gasteiger partial charge >= 0.3 is 6.61 Å². The first kappa shape index (κ1) is 13.0. The fraction of sp³-hybridized carbons (Fsp3) is 0.100. The van der Waals surface area contributed by atoms with E-state index >= 15 is 0 Å². The molecule has 0 unspecified atom stereocenters. The smallest absolute Gasteiger partial charge is 0.388 e. The molecule has 8 heteroatoms. The summed E-state index contributed by atoms with van der Waals surface area (Å²) in [7, 11) is 1.29. The summed E-state index contributed by atoms with van der Waals surface area (Å²) >= 11 is 0. The Balaban J connectivity index is 2.73. The van der Waals surface area contributed by atoms with Crippen LogP contribution in [0.5, 0.6) is 5.88 Å². The molecule has 96 valence electrons. The number of benzene rings is 1. The SMILES string of the molecule is O=S(=O)(Cl)c1cccc2c(OC(F)F)nccc12. The van der Waals surface area contributed by atoms with Crippen LogP contribution in [0.3, 0.4) is 0 Å². The highest BCUT2D eigenvalue weighted by molar-refractivity contribution is 8.14. The van der Waals surface area contributed by atoms with Crippen molar-refractivity contribution in [3.8, 4) is 5.88 Å². The van der Waals surface area contributed by atoms with Crippen LogP contribution in [0.25, 0.3) is 10.8 Å². The van der Waals surface area contributed by atoms with Crippen molar-refractivity contribution in [2.24, 2.45) is 0 Å². The topological polar surface area (TPSA) is 56.3 Å². The van der Waals surface area contributed by atoms with E-state index in [1.807, 2.05) is 0 Å². The maximum absolute atomic E-state index is 12.2. The lowest BCUT2D eigenvalue weighted by Crippen LogP contribution is -2.04. The summed E-state index contributed by atoms with van der Waals surface area (Å²) in [5.41, 5.74) is 0. The van der Waals surface area contributed by atoms with Crippen molar-refractivity contribution in [2.45, 2.75) is 11.5 Å². The van der Waals surface area contributed by atoms with Crippen molar-refractivity contribution < 1.29 is 21.9 Å². The average molecular weight is 294 g/mol. The first-order valence-electron chi connectivity index (χ1n) is 4.67. The van der Waals surface area contributed by atoms with E-state index in [9.17, 15) is 17.2 Å². The van der Waals surface area contributed by atoms with E-state index in [-0.39, 0.29) is 21.5 Å². The van der Waals surface area contributed by atoms with E-state index in [1.54, 1.807) is 0 Å². The molecule has 0 amide bonds. The second-order valence-corrected chi connectivity index (χ2v) is 5.82. The van der Waals surface area contributed by atoms with Crippen LogP contribution < -0.4 is 4.74 Å². The third-order valence-corrected chi connectivity index (χ3v) is 3.57. The number of hydrogen-bond donors (Lipinski definition) is 0. The molecule has 0 aliphatic rings. The van der Waals surface area contributed by atoms with Crippen LogP contribution in [0.1, 0.15) is 0 Å². The number of rotatable bonds is 3. The molecule has 0 bridgehead atoms. The lowest BCUT2D eigenvalue weighted by atomic mass is 10.2. The third kappa shape index (κ3) is 2.51. The fourth-order valence-electron chi connectivity index (χ4n) is 1.54. The summed E-state index contributed by atoms with van der Waals surface area (Å²) in [4.78, 5) is 3.45. The molecule has 0 saturated heterocycles. The van der Waals surface area contributed by atoms with Crippen molar-refractivity contribution in [3.05, 3.63) is 30.5 Å². The minimum Gasteiger partial charge on any atom is -0.416 e. The molecule has 0 radical (unpaired) electrons. The molecule has 4 nitrogen and oxygen atoms in total. The monoisotopic (exact) mass is 293 g/mol.